The molecule has 1 atom stereocenters. The highest BCUT2D eigenvalue weighted by Gasteiger charge is 2.20. The van der Waals surface area contributed by atoms with Gasteiger partial charge in [0.15, 0.2) is 0 Å². The molecule has 0 heterocycles. The first kappa shape index (κ1) is 15.5. The molecule has 0 radical (unpaired) electrons. The average Bonchev–Trinajstić information content (AvgIpc) is 2.87. The van der Waals surface area contributed by atoms with Gasteiger partial charge in [-0.2, -0.15) is 0 Å². The molecule has 0 spiro atoms. The zero-order valence-corrected chi connectivity index (χ0v) is 12.0. The SMILES string of the molecule is CCOC(=O)CCCCCNC(C)C1CCCC1. The molecule has 0 aromatic heterocycles. The van der Waals surface area contributed by atoms with Gasteiger partial charge in [0.25, 0.3) is 0 Å². The molecule has 0 aliphatic heterocycles. The lowest BCUT2D eigenvalue weighted by molar-refractivity contribution is -0.143. The Kier molecular flexibility index (Phi) is 8.06. The van der Waals surface area contributed by atoms with E-state index in [1.54, 1.807) is 0 Å². The molecule has 0 aromatic rings. The number of hydrogen-bond acceptors (Lipinski definition) is 3. The quantitative estimate of drug-likeness (QED) is 0.507. The molecule has 1 aliphatic rings. The Morgan fingerprint density at radius 1 is 1.28 bits per heavy atom. The first-order valence-electron chi connectivity index (χ1n) is 7.63. The lowest BCUT2D eigenvalue weighted by Crippen LogP contribution is -2.32. The van der Waals surface area contributed by atoms with Crippen LogP contribution in [0.3, 0.4) is 0 Å². The summed E-state index contributed by atoms with van der Waals surface area (Å²) in [5, 5.41) is 3.62. The highest BCUT2D eigenvalue weighted by molar-refractivity contribution is 5.69. The van der Waals surface area contributed by atoms with E-state index in [9.17, 15) is 4.79 Å². The molecule has 18 heavy (non-hydrogen) atoms. The normalized spacial score (nSPS) is 17.9. The number of rotatable bonds is 9. The summed E-state index contributed by atoms with van der Waals surface area (Å²) < 4.78 is 4.90. The molecule has 0 amide bonds. The summed E-state index contributed by atoms with van der Waals surface area (Å²) >= 11 is 0. The van der Waals surface area contributed by atoms with Crippen molar-refractivity contribution in [3.8, 4) is 0 Å². The minimum Gasteiger partial charge on any atom is -0.466 e. The Balaban J connectivity index is 1.90. The van der Waals surface area contributed by atoms with Crippen LogP contribution in [0, 0.1) is 5.92 Å². The number of carbonyl (C=O) groups excluding carboxylic acids is 1. The minimum atomic E-state index is -0.0511. The molecule has 3 heteroatoms. The van der Waals surface area contributed by atoms with Crippen LogP contribution in [0.2, 0.25) is 0 Å². The minimum absolute atomic E-state index is 0.0511. The molecule has 0 saturated heterocycles. The lowest BCUT2D eigenvalue weighted by Gasteiger charge is -2.20. The van der Waals surface area contributed by atoms with Gasteiger partial charge in [0.2, 0.25) is 0 Å². The fourth-order valence-corrected chi connectivity index (χ4v) is 2.76. The van der Waals surface area contributed by atoms with E-state index in [2.05, 4.69) is 12.2 Å². The van der Waals surface area contributed by atoms with Crippen molar-refractivity contribution < 1.29 is 9.53 Å². The summed E-state index contributed by atoms with van der Waals surface area (Å²) in [4.78, 5) is 11.1. The van der Waals surface area contributed by atoms with Crippen molar-refractivity contribution >= 4 is 5.97 Å². The maximum atomic E-state index is 11.1. The number of hydrogen-bond donors (Lipinski definition) is 1. The van der Waals surface area contributed by atoms with Crippen molar-refractivity contribution in [3.05, 3.63) is 0 Å². The molecule has 1 aliphatic carbocycles. The van der Waals surface area contributed by atoms with Gasteiger partial charge >= 0.3 is 5.97 Å². The molecule has 0 bridgehead atoms. The van der Waals surface area contributed by atoms with Crippen molar-refractivity contribution in [2.24, 2.45) is 5.92 Å². The van der Waals surface area contributed by atoms with Crippen LogP contribution in [0.4, 0.5) is 0 Å². The summed E-state index contributed by atoms with van der Waals surface area (Å²) in [6, 6.07) is 0.664. The topological polar surface area (TPSA) is 38.3 Å². The monoisotopic (exact) mass is 255 g/mol. The van der Waals surface area contributed by atoms with Crippen LogP contribution < -0.4 is 5.32 Å². The summed E-state index contributed by atoms with van der Waals surface area (Å²) in [7, 11) is 0. The van der Waals surface area contributed by atoms with Gasteiger partial charge in [0, 0.05) is 12.5 Å². The predicted octanol–water partition coefficient (Wildman–Crippen LogP) is 3.28. The Labute approximate surface area is 112 Å². The third kappa shape index (κ3) is 6.39. The van der Waals surface area contributed by atoms with Crippen LogP contribution in [0.25, 0.3) is 0 Å². The molecule has 106 valence electrons. The van der Waals surface area contributed by atoms with E-state index in [-0.39, 0.29) is 5.97 Å². The van der Waals surface area contributed by atoms with Crippen LogP contribution >= 0.6 is 0 Å². The maximum Gasteiger partial charge on any atom is 0.305 e. The lowest BCUT2D eigenvalue weighted by atomic mass is 10.00. The molecule has 1 rings (SSSR count). The van der Waals surface area contributed by atoms with Crippen LogP contribution in [0.1, 0.15) is 65.2 Å². The van der Waals surface area contributed by atoms with Crippen molar-refractivity contribution in [1.29, 1.82) is 0 Å². The number of unbranched alkanes of at least 4 members (excludes halogenated alkanes) is 2. The van der Waals surface area contributed by atoms with E-state index in [0.717, 1.165) is 31.7 Å². The van der Waals surface area contributed by atoms with E-state index < -0.39 is 0 Å². The molecule has 1 fully saturated rings. The van der Waals surface area contributed by atoms with E-state index >= 15 is 0 Å². The molecule has 1 saturated carbocycles. The Bertz CT molecular complexity index is 225. The Morgan fingerprint density at radius 3 is 2.67 bits per heavy atom. The first-order valence-corrected chi connectivity index (χ1v) is 7.63. The van der Waals surface area contributed by atoms with Gasteiger partial charge < -0.3 is 10.1 Å². The summed E-state index contributed by atoms with van der Waals surface area (Å²) in [6.45, 7) is 5.75. The van der Waals surface area contributed by atoms with Crippen molar-refractivity contribution in [3.63, 3.8) is 0 Å². The largest absolute Gasteiger partial charge is 0.466 e. The van der Waals surface area contributed by atoms with E-state index in [0.29, 0.717) is 19.1 Å². The first-order chi connectivity index (χ1) is 8.74. The van der Waals surface area contributed by atoms with Gasteiger partial charge in [-0.1, -0.05) is 19.3 Å². The Morgan fingerprint density at radius 2 is 2.00 bits per heavy atom. The molecule has 3 nitrogen and oxygen atoms in total. The molecular weight excluding hydrogens is 226 g/mol. The maximum absolute atomic E-state index is 11.1. The number of esters is 1. The van der Waals surface area contributed by atoms with E-state index in [1.165, 1.54) is 25.7 Å². The highest BCUT2D eigenvalue weighted by atomic mass is 16.5. The third-order valence-electron chi connectivity index (χ3n) is 3.94. The Hall–Kier alpha value is -0.570. The van der Waals surface area contributed by atoms with Gasteiger partial charge in [0.05, 0.1) is 6.61 Å². The second-order valence-corrected chi connectivity index (χ2v) is 5.40. The van der Waals surface area contributed by atoms with Crippen LogP contribution in [-0.4, -0.2) is 25.2 Å². The smallest absolute Gasteiger partial charge is 0.305 e. The van der Waals surface area contributed by atoms with Gasteiger partial charge in [-0.3, -0.25) is 4.79 Å². The predicted molar refractivity (Wildman–Crippen MR) is 74.5 cm³/mol. The van der Waals surface area contributed by atoms with Crippen LogP contribution in [0.15, 0.2) is 0 Å². The number of ether oxygens (including phenoxy) is 1. The second kappa shape index (κ2) is 9.37. The fourth-order valence-electron chi connectivity index (χ4n) is 2.76. The average molecular weight is 255 g/mol. The summed E-state index contributed by atoms with van der Waals surface area (Å²) in [5.41, 5.74) is 0. The number of carbonyl (C=O) groups is 1. The van der Waals surface area contributed by atoms with Crippen LogP contribution in [0.5, 0.6) is 0 Å². The van der Waals surface area contributed by atoms with Crippen molar-refractivity contribution in [1.82, 2.24) is 5.32 Å². The van der Waals surface area contributed by atoms with Gasteiger partial charge in [-0.25, -0.2) is 0 Å². The fraction of sp³-hybridized carbons (Fsp3) is 0.933. The van der Waals surface area contributed by atoms with E-state index in [4.69, 9.17) is 4.74 Å². The van der Waals surface area contributed by atoms with Gasteiger partial charge in [0.1, 0.15) is 0 Å². The standard InChI is InChI=1S/C15H29NO2/c1-3-18-15(17)11-5-4-8-12-16-13(2)14-9-6-7-10-14/h13-14,16H,3-12H2,1-2H3. The van der Waals surface area contributed by atoms with Gasteiger partial charge in [-0.05, 0) is 52.0 Å². The summed E-state index contributed by atoms with van der Waals surface area (Å²) in [6.07, 6.45) is 9.44. The van der Waals surface area contributed by atoms with Crippen molar-refractivity contribution in [2.75, 3.05) is 13.2 Å². The van der Waals surface area contributed by atoms with Gasteiger partial charge in [-0.15, -0.1) is 0 Å². The third-order valence-corrected chi connectivity index (χ3v) is 3.94. The second-order valence-electron chi connectivity index (χ2n) is 5.40. The van der Waals surface area contributed by atoms with Crippen LogP contribution in [-0.2, 0) is 9.53 Å². The highest BCUT2D eigenvalue weighted by Crippen LogP contribution is 2.27. The molecular formula is C15H29NO2. The zero-order chi connectivity index (χ0) is 13.2. The molecule has 0 aromatic carbocycles. The number of nitrogens with one attached hydrogen (secondary N) is 1. The zero-order valence-electron chi connectivity index (χ0n) is 12.0. The molecule has 1 unspecified atom stereocenters. The summed E-state index contributed by atoms with van der Waals surface area (Å²) in [5.74, 6) is 0.842. The van der Waals surface area contributed by atoms with Crippen molar-refractivity contribution in [2.45, 2.75) is 71.3 Å². The van der Waals surface area contributed by atoms with E-state index in [1.807, 2.05) is 6.92 Å². The molecule has 1 N–H and O–H groups in total.